The predicted octanol–water partition coefficient (Wildman–Crippen LogP) is 2.64. The molecule has 0 saturated carbocycles. The van der Waals surface area contributed by atoms with Crippen LogP contribution in [0.5, 0.6) is 0 Å². The zero-order chi connectivity index (χ0) is 8.27. The van der Waals surface area contributed by atoms with E-state index in [1.165, 1.54) is 5.56 Å². The van der Waals surface area contributed by atoms with Crippen molar-refractivity contribution in [2.75, 3.05) is 0 Å². The molecule has 1 heterocycles. The first kappa shape index (κ1) is 15.2. The number of pyridine rings is 1. The van der Waals surface area contributed by atoms with E-state index in [0.29, 0.717) is 0 Å². The molecule has 0 fully saturated rings. The second kappa shape index (κ2) is 7.13. The first-order valence-electron chi connectivity index (χ1n) is 3.92. The minimum atomic E-state index is 0. The molecule has 0 aliphatic heterocycles. The van der Waals surface area contributed by atoms with Gasteiger partial charge in [0, 0.05) is 12.2 Å². The van der Waals surface area contributed by atoms with Gasteiger partial charge < -0.3 is 5.73 Å². The van der Waals surface area contributed by atoms with Crippen molar-refractivity contribution in [3.63, 3.8) is 0 Å². The highest BCUT2D eigenvalue weighted by Gasteiger charge is 2.02. The van der Waals surface area contributed by atoms with Crippen LogP contribution >= 0.6 is 24.8 Å². The quantitative estimate of drug-likeness (QED) is 0.836. The maximum absolute atomic E-state index is 5.80. The summed E-state index contributed by atoms with van der Waals surface area (Å²) in [6.45, 7) is 4.11. The normalized spacial score (nSPS) is 11.0. The van der Waals surface area contributed by atoms with Crippen molar-refractivity contribution in [3.05, 3.63) is 29.6 Å². The Morgan fingerprint density at radius 3 is 2.54 bits per heavy atom. The molecule has 0 radical (unpaired) electrons. The molecule has 0 aromatic carbocycles. The van der Waals surface area contributed by atoms with Gasteiger partial charge >= 0.3 is 0 Å². The van der Waals surface area contributed by atoms with E-state index in [1.54, 1.807) is 6.20 Å². The van der Waals surface area contributed by atoms with Gasteiger partial charge in [-0.1, -0.05) is 6.92 Å². The molecule has 0 spiro atoms. The van der Waals surface area contributed by atoms with Gasteiger partial charge in [-0.15, -0.1) is 24.8 Å². The minimum Gasteiger partial charge on any atom is -0.323 e. The van der Waals surface area contributed by atoms with Gasteiger partial charge in [-0.3, -0.25) is 4.98 Å². The number of rotatable bonds is 2. The van der Waals surface area contributed by atoms with Crippen molar-refractivity contribution < 1.29 is 0 Å². The second-order valence-electron chi connectivity index (χ2n) is 2.77. The monoisotopic (exact) mass is 222 g/mol. The van der Waals surface area contributed by atoms with E-state index in [0.717, 1.165) is 12.1 Å². The van der Waals surface area contributed by atoms with Crippen LogP contribution in [0.2, 0.25) is 0 Å². The third-order valence-corrected chi connectivity index (χ3v) is 1.76. The first-order chi connectivity index (χ1) is 5.24. The Morgan fingerprint density at radius 2 is 2.08 bits per heavy atom. The Morgan fingerprint density at radius 1 is 1.46 bits per heavy atom. The van der Waals surface area contributed by atoms with Crippen molar-refractivity contribution in [1.82, 2.24) is 4.98 Å². The Kier molecular flexibility index (Phi) is 8.32. The summed E-state index contributed by atoms with van der Waals surface area (Å²) in [5.41, 5.74) is 8.01. The Labute approximate surface area is 91.8 Å². The van der Waals surface area contributed by atoms with Gasteiger partial charge in [0.15, 0.2) is 0 Å². The van der Waals surface area contributed by atoms with E-state index >= 15 is 0 Å². The number of nitrogens with zero attached hydrogens (tertiary/aromatic N) is 1. The summed E-state index contributed by atoms with van der Waals surface area (Å²) in [5.74, 6) is 0. The van der Waals surface area contributed by atoms with E-state index in [1.807, 2.05) is 19.1 Å². The van der Waals surface area contributed by atoms with Gasteiger partial charge in [-0.05, 0) is 31.0 Å². The molecule has 2 nitrogen and oxygen atoms in total. The molecule has 1 aromatic heterocycles. The molecular formula is C9H16Cl2N2. The summed E-state index contributed by atoms with van der Waals surface area (Å²) in [6.07, 6.45) is 2.75. The zero-order valence-electron chi connectivity index (χ0n) is 7.86. The summed E-state index contributed by atoms with van der Waals surface area (Å²) in [5, 5.41) is 0. The van der Waals surface area contributed by atoms with Gasteiger partial charge in [0.2, 0.25) is 0 Å². The van der Waals surface area contributed by atoms with Crippen molar-refractivity contribution in [2.24, 2.45) is 5.73 Å². The zero-order valence-corrected chi connectivity index (χ0v) is 9.49. The summed E-state index contributed by atoms with van der Waals surface area (Å²) in [6, 6.07) is 4.11. The lowest BCUT2D eigenvalue weighted by Gasteiger charge is -2.07. The number of aryl methyl sites for hydroxylation is 1. The number of halogens is 2. The van der Waals surface area contributed by atoms with Crippen LogP contribution in [-0.2, 0) is 0 Å². The highest BCUT2D eigenvalue weighted by Crippen LogP contribution is 2.10. The summed E-state index contributed by atoms with van der Waals surface area (Å²) in [4.78, 5) is 4.19. The molecule has 1 atom stereocenters. The van der Waals surface area contributed by atoms with Crippen molar-refractivity contribution >= 4 is 24.8 Å². The lowest BCUT2D eigenvalue weighted by atomic mass is 10.1. The summed E-state index contributed by atoms with van der Waals surface area (Å²) < 4.78 is 0. The predicted molar refractivity (Wildman–Crippen MR) is 60.7 cm³/mol. The molecule has 4 heteroatoms. The Hall–Kier alpha value is -0.310. The van der Waals surface area contributed by atoms with E-state index in [-0.39, 0.29) is 30.9 Å². The van der Waals surface area contributed by atoms with Crippen LogP contribution in [0.1, 0.15) is 30.6 Å². The van der Waals surface area contributed by atoms with Crippen molar-refractivity contribution in [2.45, 2.75) is 26.3 Å². The molecule has 0 amide bonds. The fourth-order valence-electron chi connectivity index (χ4n) is 0.971. The average Bonchev–Trinajstić information content (AvgIpc) is 2.03. The molecule has 0 bridgehead atoms. The molecule has 0 aliphatic rings. The lowest BCUT2D eigenvalue weighted by molar-refractivity contribution is 0.674. The Bertz CT molecular complexity index is 241. The third kappa shape index (κ3) is 4.46. The molecule has 0 aliphatic carbocycles. The lowest BCUT2D eigenvalue weighted by Crippen LogP contribution is -2.10. The number of hydrogen-bond acceptors (Lipinski definition) is 2. The topological polar surface area (TPSA) is 38.9 Å². The molecule has 76 valence electrons. The van der Waals surface area contributed by atoms with E-state index in [2.05, 4.69) is 11.9 Å². The van der Waals surface area contributed by atoms with E-state index in [4.69, 9.17) is 5.73 Å². The van der Waals surface area contributed by atoms with Crippen LogP contribution in [0.4, 0.5) is 0 Å². The molecule has 1 aromatic rings. The fourth-order valence-corrected chi connectivity index (χ4v) is 0.971. The van der Waals surface area contributed by atoms with Crippen LogP contribution in [0.15, 0.2) is 18.3 Å². The molecule has 13 heavy (non-hydrogen) atoms. The smallest absolute Gasteiger partial charge is 0.0573 e. The van der Waals surface area contributed by atoms with Crippen LogP contribution in [0.25, 0.3) is 0 Å². The maximum Gasteiger partial charge on any atom is 0.0573 e. The number of hydrogen-bond donors (Lipinski definition) is 1. The SMILES string of the molecule is CCC(N)c1cc(C)ccn1.Cl.Cl. The molecule has 1 rings (SSSR count). The third-order valence-electron chi connectivity index (χ3n) is 1.76. The first-order valence-corrected chi connectivity index (χ1v) is 3.92. The van der Waals surface area contributed by atoms with Gasteiger partial charge in [-0.25, -0.2) is 0 Å². The summed E-state index contributed by atoms with van der Waals surface area (Å²) >= 11 is 0. The number of aromatic nitrogens is 1. The van der Waals surface area contributed by atoms with Gasteiger partial charge in [0.25, 0.3) is 0 Å². The largest absolute Gasteiger partial charge is 0.323 e. The van der Waals surface area contributed by atoms with Crippen LogP contribution < -0.4 is 5.73 Å². The maximum atomic E-state index is 5.80. The molecule has 2 N–H and O–H groups in total. The number of nitrogens with two attached hydrogens (primary N) is 1. The van der Waals surface area contributed by atoms with Crippen LogP contribution in [0.3, 0.4) is 0 Å². The average molecular weight is 223 g/mol. The Balaban J connectivity index is 0. The molecular weight excluding hydrogens is 207 g/mol. The highest BCUT2D eigenvalue weighted by molar-refractivity contribution is 5.85. The standard InChI is InChI=1S/C9H14N2.2ClH/c1-3-8(10)9-6-7(2)4-5-11-9;;/h4-6,8H,3,10H2,1-2H3;2*1H. The minimum absolute atomic E-state index is 0. The van der Waals surface area contributed by atoms with Gasteiger partial charge in [0.05, 0.1) is 5.69 Å². The molecule has 0 saturated heterocycles. The second-order valence-corrected chi connectivity index (χ2v) is 2.77. The van der Waals surface area contributed by atoms with Gasteiger partial charge in [-0.2, -0.15) is 0 Å². The fraction of sp³-hybridized carbons (Fsp3) is 0.444. The molecule has 1 unspecified atom stereocenters. The highest BCUT2D eigenvalue weighted by atomic mass is 35.5. The van der Waals surface area contributed by atoms with Crippen molar-refractivity contribution in [3.8, 4) is 0 Å². The van der Waals surface area contributed by atoms with Gasteiger partial charge in [0.1, 0.15) is 0 Å². The van der Waals surface area contributed by atoms with Crippen molar-refractivity contribution in [1.29, 1.82) is 0 Å². The van der Waals surface area contributed by atoms with Crippen LogP contribution in [-0.4, -0.2) is 4.98 Å². The van der Waals surface area contributed by atoms with E-state index < -0.39 is 0 Å². The summed E-state index contributed by atoms with van der Waals surface area (Å²) in [7, 11) is 0. The van der Waals surface area contributed by atoms with E-state index in [9.17, 15) is 0 Å². The van der Waals surface area contributed by atoms with Crippen LogP contribution in [0, 0.1) is 6.92 Å².